The molecule has 0 radical (unpaired) electrons. The van der Waals surface area contributed by atoms with Crippen molar-refractivity contribution in [1.82, 2.24) is 0 Å². The Morgan fingerprint density at radius 3 is 2.00 bits per heavy atom. The van der Waals surface area contributed by atoms with Crippen LogP contribution in [0.3, 0.4) is 0 Å². The number of benzene rings is 1. The largest absolute Gasteiger partial charge is 0.449 e. The van der Waals surface area contributed by atoms with Gasteiger partial charge in [0, 0.05) is 0 Å². The molecule has 0 aliphatic rings. The maximum absolute atomic E-state index is 5.62. The van der Waals surface area contributed by atoms with Crippen LogP contribution in [-0.2, 0) is 20.6 Å². The highest BCUT2D eigenvalue weighted by Gasteiger charge is 1.95. The predicted octanol–water partition coefficient (Wildman–Crippen LogP) is -5.25. The highest BCUT2D eigenvalue weighted by atomic mass is 28.4. The molecule has 0 aliphatic heterocycles. The van der Waals surface area contributed by atoms with Crippen molar-refractivity contribution in [2.75, 3.05) is 0 Å². The Balaban J connectivity index is 1.85. The minimum Gasteiger partial charge on any atom is -0.449 e. The molecule has 11 heteroatoms. The molecule has 0 bridgehead atoms. The van der Waals surface area contributed by atoms with Gasteiger partial charge < -0.3 is 20.6 Å². The summed E-state index contributed by atoms with van der Waals surface area (Å²) in [7, 11) is -2.99. The summed E-state index contributed by atoms with van der Waals surface area (Å²) in [4.78, 5) is 0. The minimum absolute atomic E-state index is 0.584. The van der Waals surface area contributed by atoms with Crippen LogP contribution < -0.4 is 5.19 Å². The van der Waals surface area contributed by atoms with Gasteiger partial charge in [-0.05, 0) is 5.19 Å². The predicted molar refractivity (Wildman–Crippen MR) is 84.2 cm³/mol. The lowest BCUT2D eigenvalue weighted by atomic mass is 10.4. The Morgan fingerprint density at radius 2 is 1.35 bits per heavy atom. The zero-order valence-corrected chi connectivity index (χ0v) is 19.0. The van der Waals surface area contributed by atoms with Crippen LogP contribution in [0.15, 0.2) is 30.3 Å². The van der Waals surface area contributed by atoms with Gasteiger partial charge >= 0.3 is 0 Å². The molecule has 1 rings (SSSR count). The minimum atomic E-state index is -0.843. The Morgan fingerprint density at radius 1 is 0.765 bits per heavy atom. The standard InChI is InChI=1S/C6H18O5Si6/c12-7-14-9-16-11-17-10-15-8-13-6-4-2-1-3-5-6/h1-5H,13-17H2,12H3. The van der Waals surface area contributed by atoms with Crippen LogP contribution in [0.2, 0.25) is 0 Å². The monoisotopic (exact) mass is 338 g/mol. The van der Waals surface area contributed by atoms with Gasteiger partial charge in [-0.2, -0.15) is 0 Å². The highest BCUT2D eigenvalue weighted by Crippen LogP contribution is 1.82. The fourth-order valence-corrected chi connectivity index (χ4v) is 10.4. The molecule has 0 N–H and O–H groups in total. The normalized spacial score (nSPS) is 14.4. The first-order valence-corrected chi connectivity index (χ1v) is 12.0. The van der Waals surface area contributed by atoms with E-state index >= 15 is 0 Å². The van der Waals surface area contributed by atoms with Crippen molar-refractivity contribution in [3.8, 4) is 0 Å². The van der Waals surface area contributed by atoms with Gasteiger partial charge in [0.15, 0.2) is 9.76 Å². The maximum atomic E-state index is 5.62. The highest BCUT2D eigenvalue weighted by molar-refractivity contribution is 6.54. The molecule has 1 aromatic carbocycles. The Labute approximate surface area is 116 Å². The van der Waals surface area contributed by atoms with E-state index < -0.39 is 49.8 Å². The summed E-state index contributed by atoms with van der Waals surface area (Å²) in [6, 6.07) is 10.3. The topological polar surface area (TPSA) is 46.2 Å². The van der Waals surface area contributed by atoms with E-state index in [0.717, 1.165) is 10.5 Å². The number of rotatable bonds is 10. The molecular formula is C6H18O5Si6. The van der Waals surface area contributed by atoms with Crippen LogP contribution >= 0.6 is 0 Å². The Kier molecular flexibility index (Phi) is 10.3. The molecule has 0 aromatic heterocycles. The second-order valence-corrected chi connectivity index (χ2v) is 14.1. The summed E-state index contributed by atoms with van der Waals surface area (Å²) in [5.41, 5.74) is 0. The quantitative estimate of drug-likeness (QED) is 0.315. The molecule has 0 saturated carbocycles. The van der Waals surface area contributed by atoms with Crippen LogP contribution in [0.4, 0.5) is 0 Å². The van der Waals surface area contributed by atoms with Crippen LogP contribution in [0.1, 0.15) is 0 Å². The van der Waals surface area contributed by atoms with E-state index in [2.05, 4.69) is 12.1 Å². The van der Waals surface area contributed by atoms with Gasteiger partial charge in [-0.3, -0.25) is 0 Å². The zero-order valence-electron chi connectivity index (χ0n) is 9.96. The Hall–Kier alpha value is 0.321. The van der Waals surface area contributed by atoms with Gasteiger partial charge in [-0.15, -0.1) is 0 Å². The third kappa shape index (κ3) is 8.97. The van der Waals surface area contributed by atoms with Gasteiger partial charge in [0.1, 0.15) is 10.5 Å². The molecule has 0 heterocycles. The maximum Gasteiger partial charge on any atom is 0.286 e. The summed E-state index contributed by atoms with van der Waals surface area (Å²) >= 11 is 0. The number of hydrogen-bond donors (Lipinski definition) is 0. The Bertz CT molecular complexity index is 277. The molecule has 5 nitrogen and oxygen atoms in total. The molecule has 0 aliphatic carbocycles. The zero-order chi connectivity index (χ0) is 12.2. The van der Waals surface area contributed by atoms with E-state index in [4.69, 9.17) is 20.6 Å². The van der Waals surface area contributed by atoms with Crippen LogP contribution in [0.5, 0.6) is 0 Å². The lowest BCUT2D eigenvalue weighted by molar-refractivity contribution is 0.390. The van der Waals surface area contributed by atoms with Crippen molar-refractivity contribution < 1.29 is 20.6 Å². The summed E-state index contributed by atoms with van der Waals surface area (Å²) in [5, 5.41) is 1.32. The fraction of sp³-hybridized carbons (Fsp3) is 0. The van der Waals surface area contributed by atoms with Crippen molar-refractivity contribution in [3.63, 3.8) is 0 Å². The van der Waals surface area contributed by atoms with E-state index in [9.17, 15) is 0 Å². The average molecular weight is 339 g/mol. The van der Waals surface area contributed by atoms with Crippen molar-refractivity contribution in [2.24, 2.45) is 0 Å². The van der Waals surface area contributed by atoms with E-state index in [0.29, 0.717) is 0 Å². The second-order valence-electron chi connectivity index (χ2n) is 3.21. The smallest absolute Gasteiger partial charge is 0.286 e. The van der Waals surface area contributed by atoms with Gasteiger partial charge in [-0.25, -0.2) is 0 Å². The van der Waals surface area contributed by atoms with E-state index in [1.165, 1.54) is 5.19 Å². The van der Waals surface area contributed by atoms with Crippen molar-refractivity contribution >= 4 is 65.5 Å². The molecule has 0 saturated heterocycles. The lowest BCUT2D eigenvalue weighted by Gasteiger charge is -2.06. The summed E-state index contributed by atoms with van der Waals surface area (Å²) in [5.74, 6) is 0. The second kappa shape index (κ2) is 11.4. The van der Waals surface area contributed by atoms with Gasteiger partial charge in [0.25, 0.3) is 40.0 Å². The van der Waals surface area contributed by atoms with E-state index in [1.807, 2.05) is 18.2 Å². The molecule has 0 atom stereocenters. The molecule has 0 amide bonds. The van der Waals surface area contributed by atoms with Crippen molar-refractivity contribution in [1.29, 1.82) is 0 Å². The van der Waals surface area contributed by atoms with Gasteiger partial charge in [-0.1, -0.05) is 30.3 Å². The third-order valence-corrected chi connectivity index (χ3v) is 9.04. The third-order valence-electron chi connectivity index (χ3n) is 1.81. The van der Waals surface area contributed by atoms with Crippen molar-refractivity contribution in [2.45, 2.75) is 0 Å². The molecule has 0 unspecified atom stereocenters. The van der Waals surface area contributed by atoms with Gasteiger partial charge in [0.05, 0.1) is 0 Å². The SMILES string of the molecule is [SiH3]O[SiH2]O[SiH2]O[SiH2]O[SiH2]O[SiH2]c1ccccc1. The van der Waals surface area contributed by atoms with E-state index in [-0.39, 0.29) is 0 Å². The molecule has 0 spiro atoms. The lowest BCUT2D eigenvalue weighted by Crippen LogP contribution is -2.22. The number of hydrogen-bond acceptors (Lipinski definition) is 5. The van der Waals surface area contributed by atoms with Crippen LogP contribution in [-0.4, -0.2) is 60.3 Å². The first-order chi connectivity index (χ1) is 8.43. The first kappa shape index (κ1) is 15.4. The molecule has 96 valence electrons. The van der Waals surface area contributed by atoms with Gasteiger partial charge in [0.2, 0.25) is 0 Å². The molecule has 0 fully saturated rings. The van der Waals surface area contributed by atoms with Crippen molar-refractivity contribution in [3.05, 3.63) is 30.3 Å². The fourth-order valence-electron chi connectivity index (χ4n) is 1.10. The average Bonchev–Trinajstić information content (AvgIpc) is 2.38. The summed E-state index contributed by atoms with van der Waals surface area (Å²) < 4.78 is 26.7. The molecular weight excluding hydrogens is 321 g/mol. The van der Waals surface area contributed by atoms with Crippen LogP contribution in [0, 0.1) is 0 Å². The molecule has 1 aromatic rings. The first-order valence-electron chi connectivity index (χ1n) is 5.27. The van der Waals surface area contributed by atoms with Crippen LogP contribution in [0.25, 0.3) is 0 Å². The summed E-state index contributed by atoms with van der Waals surface area (Å²) in [6.45, 7) is 0. The molecule has 17 heavy (non-hydrogen) atoms. The summed E-state index contributed by atoms with van der Waals surface area (Å²) in [6.07, 6.45) is 0. The van der Waals surface area contributed by atoms with E-state index in [1.54, 1.807) is 0 Å².